The summed E-state index contributed by atoms with van der Waals surface area (Å²) in [4.78, 5) is 0. The van der Waals surface area contributed by atoms with Gasteiger partial charge in [-0.25, -0.2) is 0 Å². The summed E-state index contributed by atoms with van der Waals surface area (Å²) < 4.78 is 0. The Kier molecular flexibility index (Phi) is 2.57. The molecule has 76 valence electrons. The molecular formula is C12H17NO. The van der Waals surface area contributed by atoms with Crippen LogP contribution in [-0.2, 0) is 12.8 Å². The van der Waals surface area contributed by atoms with Crippen LogP contribution in [0.2, 0.25) is 0 Å². The molecule has 0 unspecified atom stereocenters. The van der Waals surface area contributed by atoms with E-state index in [0.717, 1.165) is 5.56 Å². The second kappa shape index (κ2) is 3.71. The van der Waals surface area contributed by atoms with Gasteiger partial charge in [-0.15, -0.1) is 0 Å². The highest BCUT2D eigenvalue weighted by atomic mass is 16.3. The molecule has 3 N–H and O–H groups in total. The number of aryl methyl sites for hydroxylation is 2. The standard InChI is InChI=1S/C12H17NO/c1-8-5-10(12(13)7-14)6-9-3-2-4-11(8)9/h5-6,12,14H,2-4,7,13H2,1H3/t12-/m0/s1. The van der Waals surface area contributed by atoms with Crippen molar-refractivity contribution in [3.63, 3.8) is 0 Å². The molecule has 0 heterocycles. The molecule has 0 spiro atoms. The first-order valence-corrected chi connectivity index (χ1v) is 5.21. The van der Waals surface area contributed by atoms with E-state index in [1.807, 2.05) is 0 Å². The number of hydrogen-bond donors (Lipinski definition) is 2. The second-order valence-corrected chi connectivity index (χ2v) is 4.12. The van der Waals surface area contributed by atoms with Crippen LogP contribution in [0, 0.1) is 6.92 Å². The first-order chi connectivity index (χ1) is 6.72. The zero-order chi connectivity index (χ0) is 10.1. The Labute approximate surface area is 84.7 Å². The fraction of sp³-hybridized carbons (Fsp3) is 0.500. The molecule has 14 heavy (non-hydrogen) atoms. The lowest BCUT2D eigenvalue weighted by atomic mass is 9.97. The van der Waals surface area contributed by atoms with Crippen molar-refractivity contribution in [1.82, 2.24) is 0 Å². The molecule has 0 bridgehead atoms. The fourth-order valence-electron chi connectivity index (χ4n) is 2.28. The maximum atomic E-state index is 9.00. The van der Waals surface area contributed by atoms with E-state index < -0.39 is 0 Å². The smallest absolute Gasteiger partial charge is 0.0624 e. The average Bonchev–Trinajstić information content (AvgIpc) is 2.64. The van der Waals surface area contributed by atoms with Gasteiger partial charge < -0.3 is 10.8 Å². The molecule has 2 nitrogen and oxygen atoms in total. The molecule has 0 fully saturated rings. The molecule has 1 aromatic carbocycles. The highest BCUT2D eigenvalue weighted by Gasteiger charge is 2.15. The van der Waals surface area contributed by atoms with Gasteiger partial charge >= 0.3 is 0 Å². The Balaban J connectivity index is 2.41. The number of fused-ring (bicyclic) bond motifs is 1. The number of rotatable bonds is 2. The minimum absolute atomic E-state index is 0.0260. The van der Waals surface area contributed by atoms with Crippen molar-refractivity contribution in [2.75, 3.05) is 6.61 Å². The molecule has 0 amide bonds. The molecule has 0 saturated carbocycles. The van der Waals surface area contributed by atoms with Crippen molar-refractivity contribution in [2.45, 2.75) is 32.2 Å². The van der Waals surface area contributed by atoms with E-state index in [2.05, 4.69) is 19.1 Å². The minimum atomic E-state index is -0.223. The number of hydrogen-bond acceptors (Lipinski definition) is 2. The van der Waals surface area contributed by atoms with E-state index in [0.29, 0.717) is 0 Å². The summed E-state index contributed by atoms with van der Waals surface area (Å²) >= 11 is 0. The van der Waals surface area contributed by atoms with E-state index in [1.165, 1.54) is 36.0 Å². The first kappa shape index (κ1) is 9.69. The minimum Gasteiger partial charge on any atom is -0.394 e. The molecule has 1 aliphatic carbocycles. The predicted octanol–water partition coefficient (Wildman–Crippen LogP) is 1.48. The lowest BCUT2D eigenvalue weighted by Crippen LogP contribution is -2.15. The Morgan fingerprint density at radius 1 is 1.43 bits per heavy atom. The molecule has 0 saturated heterocycles. The van der Waals surface area contributed by atoms with Gasteiger partial charge in [-0.1, -0.05) is 12.1 Å². The van der Waals surface area contributed by atoms with Gasteiger partial charge in [0.25, 0.3) is 0 Å². The van der Waals surface area contributed by atoms with Crippen molar-refractivity contribution >= 4 is 0 Å². The van der Waals surface area contributed by atoms with Gasteiger partial charge in [-0.3, -0.25) is 0 Å². The van der Waals surface area contributed by atoms with Crippen LogP contribution in [-0.4, -0.2) is 11.7 Å². The van der Waals surface area contributed by atoms with Crippen molar-refractivity contribution in [1.29, 1.82) is 0 Å². The molecule has 0 aliphatic heterocycles. The monoisotopic (exact) mass is 191 g/mol. The second-order valence-electron chi connectivity index (χ2n) is 4.12. The van der Waals surface area contributed by atoms with Crippen LogP contribution in [0.1, 0.15) is 34.7 Å². The summed E-state index contributed by atoms with van der Waals surface area (Å²) in [6.07, 6.45) is 3.63. The normalized spacial score (nSPS) is 16.8. The highest BCUT2D eigenvalue weighted by molar-refractivity contribution is 5.42. The molecule has 0 radical (unpaired) electrons. The van der Waals surface area contributed by atoms with E-state index in [9.17, 15) is 0 Å². The maximum Gasteiger partial charge on any atom is 0.0624 e. The van der Waals surface area contributed by atoms with E-state index >= 15 is 0 Å². The lowest BCUT2D eigenvalue weighted by Gasteiger charge is -2.12. The summed E-state index contributed by atoms with van der Waals surface area (Å²) in [5, 5.41) is 9.00. The fourth-order valence-corrected chi connectivity index (χ4v) is 2.28. The molecule has 1 aromatic rings. The van der Waals surface area contributed by atoms with Crippen molar-refractivity contribution in [3.05, 3.63) is 34.4 Å². The SMILES string of the molecule is Cc1cc([C@@H](N)CO)cc2c1CCC2. The third-order valence-electron chi connectivity index (χ3n) is 3.09. The number of aliphatic hydroxyl groups excluding tert-OH is 1. The van der Waals surface area contributed by atoms with Gasteiger partial charge in [0.1, 0.15) is 0 Å². The molecular weight excluding hydrogens is 174 g/mol. The number of aliphatic hydroxyl groups is 1. The summed E-state index contributed by atoms with van der Waals surface area (Å²) in [6.45, 7) is 2.16. The van der Waals surface area contributed by atoms with E-state index in [1.54, 1.807) is 0 Å². The van der Waals surface area contributed by atoms with Crippen LogP contribution < -0.4 is 5.73 Å². The van der Waals surface area contributed by atoms with Gasteiger partial charge in [-0.05, 0) is 48.4 Å². The highest BCUT2D eigenvalue weighted by Crippen LogP contribution is 2.28. The number of nitrogens with two attached hydrogens (primary N) is 1. The van der Waals surface area contributed by atoms with E-state index in [-0.39, 0.29) is 12.6 Å². The zero-order valence-electron chi connectivity index (χ0n) is 8.59. The van der Waals surface area contributed by atoms with Gasteiger partial charge in [0.05, 0.1) is 12.6 Å². The maximum absolute atomic E-state index is 9.00. The zero-order valence-corrected chi connectivity index (χ0v) is 8.59. The Bertz CT molecular complexity index is 346. The van der Waals surface area contributed by atoms with Gasteiger partial charge in [0, 0.05) is 0 Å². The quantitative estimate of drug-likeness (QED) is 0.743. The lowest BCUT2D eigenvalue weighted by molar-refractivity contribution is 0.268. The van der Waals surface area contributed by atoms with Crippen LogP contribution in [0.5, 0.6) is 0 Å². The van der Waals surface area contributed by atoms with Gasteiger partial charge in [0.15, 0.2) is 0 Å². The molecule has 1 aliphatic rings. The van der Waals surface area contributed by atoms with Crippen molar-refractivity contribution < 1.29 is 5.11 Å². The van der Waals surface area contributed by atoms with Crippen LogP contribution in [0.25, 0.3) is 0 Å². The van der Waals surface area contributed by atoms with Crippen molar-refractivity contribution in [3.8, 4) is 0 Å². The average molecular weight is 191 g/mol. The third-order valence-corrected chi connectivity index (χ3v) is 3.09. The van der Waals surface area contributed by atoms with Crippen molar-refractivity contribution in [2.24, 2.45) is 5.73 Å². The third kappa shape index (κ3) is 1.56. The summed E-state index contributed by atoms with van der Waals surface area (Å²) in [7, 11) is 0. The van der Waals surface area contributed by atoms with Crippen LogP contribution in [0.3, 0.4) is 0 Å². The molecule has 2 rings (SSSR count). The largest absolute Gasteiger partial charge is 0.394 e. The summed E-state index contributed by atoms with van der Waals surface area (Å²) in [5.41, 5.74) is 11.1. The van der Waals surface area contributed by atoms with E-state index in [4.69, 9.17) is 10.8 Å². The predicted molar refractivity (Wildman–Crippen MR) is 57.2 cm³/mol. The summed E-state index contributed by atoms with van der Waals surface area (Å²) in [5.74, 6) is 0. The van der Waals surface area contributed by atoms with Gasteiger partial charge in [-0.2, -0.15) is 0 Å². The molecule has 2 heteroatoms. The van der Waals surface area contributed by atoms with Gasteiger partial charge in [0.2, 0.25) is 0 Å². The molecule has 1 atom stereocenters. The van der Waals surface area contributed by atoms with Crippen LogP contribution in [0.4, 0.5) is 0 Å². The Morgan fingerprint density at radius 3 is 2.93 bits per heavy atom. The Hall–Kier alpha value is -0.860. The molecule has 0 aromatic heterocycles. The number of benzene rings is 1. The first-order valence-electron chi connectivity index (χ1n) is 5.21. The topological polar surface area (TPSA) is 46.2 Å². The van der Waals surface area contributed by atoms with Crippen LogP contribution in [0.15, 0.2) is 12.1 Å². The summed E-state index contributed by atoms with van der Waals surface area (Å²) in [6, 6.07) is 4.06. The Morgan fingerprint density at radius 2 is 2.21 bits per heavy atom. The van der Waals surface area contributed by atoms with Crippen LogP contribution >= 0.6 is 0 Å².